The van der Waals surface area contributed by atoms with E-state index in [0.717, 1.165) is 12.0 Å². The van der Waals surface area contributed by atoms with Crippen LogP contribution in [-0.4, -0.2) is 23.8 Å². The van der Waals surface area contributed by atoms with Crippen molar-refractivity contribution < 1.29 is 14.6 Å². The molecule has 1 N–H and O–H groups in total. The number of hydrogen-bond acceptors (Lipinski definition) is 3. The van der Waals surface area contributed by atoms with Crippen molar-refractivity contribution in [3.05, 3.63) is 12.2 Å². The highest BCUT2D eigenvalue weighted by Crippen LogP contribution is 2.07. The van der Waals surface area contributed by atoms with E-state index in [1.165, 1.54) is 0 Å². The molecule has 0 aliphatic rings. The summed E-state index contributed by atoms with van der Waals surface area (Å²) in [6.07, 6.45) is 0.0311. The third kappa shape index (κ3) is 4.13. The number of aliphatic hydroxyl groups excluding tert-OH is 1. The molecule has 0 bridgehead atoms. The molecule has 0 saturated carbocycles. The largest absolute Gasteiger partial charge is 0.464 e. The Morgan fingerprint density at radius 3 is 2.58 bits per heavy atom. The predicted octanol–water partition coefficient (Wildman–Crippen LogP) is 1.27. The van der Waals surface area contributed by atoms with Crippen molar-refractivity contribution in [3.63, 3.8) is 0 Å². The first kappa shape index (κ1) is 11.2. The van der Waals surface area contributed by atoms with Gasteiger partial charge in [0.1, 0.15) is 0 Å². The van der Waals surface area contributed by atoms with Crippen molar-refractivity contribution in [3.8, 4) is 0 Å². The van der Waals surface area contributed by atoms with Crippen LogP contribution in [0.3, 0.4) is 0 Å². The second kappa shape index (κ2) is 5.77. The van der Waals surface area contributed by atoms with E-state index < -0.39 is 12.1 Å². The van der Waals surface area contributed by atoms with E-state index >= 15 is 0 Å². The van der Waals surface area contributed by atoms with Crippen molar-refractivity contribution >= 4 is 5.97 Å². The fourth-order valence-electron chi connectivity index (χ4n) is 0.740. The summed E-state index contributed by atoms with van der Waals surface area (Å²) in [5, 5.41) is 9.21. The van der Waals surface area contributed by atoms with E-state index in [4.69, 9.17) is 0 Å². The third-order valence-corrected chi connectivity index (χ3v) is 1.54. The summed E-state index contributed by atoms with van der Waals surface area (Å²) in [5.41, 5.74) is 0.857. The maximum absolute atomic E-state index is 10.9. The Labute approximate surface area is 73.0 Å². The Morgan fingerprint density at radius 2 is 2.17 bits per heavy atom. The minimum Gasteiger partial charge on any atom is -0.464 e. The summed E-state index contributed by atoms with van der Waals surface area (Å²) in [6, 6.07) is 0. The van der Waals surface area contributed by atoms with Gasteiger partial charge in [-0.25, -0.2) is 4.79 Å². The molecule has 0 aliphatic carbocycles. The Bertz CT molecular complexity index is 163. The van der Waals surface area contributed by atoms with Crippen LogP contribution in [0.15, 0.2) is 12.2 Å². The molecule has 3 nitrogen and oxygen atoms in total. The molecule has 0 aromatic rings. The summed E-state index contributed by atoms with van der Waals surface area (Å²) in [4.78, 5) is 10.9. The molecular weight excluding hydrogens is 156 g/mol. The molecule has 0 aromatic carbocycles. The number of rotatable bonds is 5. The van der Waals surface area contributed by atoms with Crippen molar-refractivity contribution in [2.75, 3.05) is 6.61 Å². The zero-order valence-electron chi connectivity index (χ0n) is 7.67. The first-order valence-electron chi connectivity index (χ1n) is 4.13. The number of carbonyl (C=O) groups is 1. The number of esters is 1. The van der Waals surface area contributed by atoms with Crippen LogP contribution in [0.5, 0.6) is 0 Å². The predicted molar refractivity (Wildman–Crippen MR) is 46.7 cm³/mol. The summed E-state index contributed by atoms with van der Waals surface area (Å²) in [6.45, 7) is 7.63. The van der Waals surface area contributed by atoms with Crippen LogP contribution in [0.4, 0.5) is 0 Å². The quantitative estimate of drug-likeness (QED) is 0.501. The monoisotopic (exact) mass is 172 g/mol. The van der Waals surface area contributed by atoms with E-state index in [1.54, 1.807) is 6.92 Å². The lowest BCUT2D eigenvalue weighted by Crippen LogP contribution is -2.23. The maximum Gasteiger partial charge on any atom is 0.335 e. The smallest absolute Gasteiger partial charge is 0.335 e. The van der Waals surface area contributed by atoms with Crippen LogP contribution in [0.2, 0.25) is 0 Å². The average Bonchev–Trinajstić information content (AvgIpc) is 2.04. The fraction of sp³-hybridized carbons (Fsp3) is 0.667. The van der Waals surface area contributed by atoms with Gasteiger partial charge in [0.05, 0.1) is 6.61 Å². The number of hydrogen-bond donors (Lipinski definition) is 1. The maximum atomic E-state index is 10.9. The van der Waals surface area contributed by atoms with Gasteiger partial charge in [0.25, 0.3) is 0 Å². The second-order valence-corrected chi connectivity index (χ2v) is 2.58. The molecule has 0 radical (unpaired) electrons. The Hall–Kier alpha value is -0.830. The SMILES string of the molecule is C=C(CC)C[C@H](O)C(=O)OCC. The van der Waals surface area contributed by atoms with Crippen LogP contribution in [-0.2, 0) is 9.53 Å². The van der Waals surface area contributed by atoms with Crippen molar-refractivity contribution in [2.24, 2.45) is 0 Å². The topological polar surface area (TPSA) is 46.5 Å². The van der Waals surface area contributed by atoms with Crippen molar-refractivity contribution in [2.45, 2.75) is 32.8 Å². The minimum absolute atomic E-state index is 0.300. The van der Waals surface area contributed by atoms with Crippen LogP contribution < -0.4 is 0 Å². The standard InChI is InChI=1S/C9H16O3/c1-4-7(3)6-8(10)9(11)12-5-2/h8,10H,3-6H2,1-2H3/t8-/m0/s1. The van der Waals surface area contributed by atoms with Crippen LogP contribution in [0.25, 0.3) is 0 Å². The zero-order chi connectivity index (χ0) is 9.56. The van der Waals surface area contributed by atoms with E-state index in [0.29, 0.717) is 13.0 Å². The molecule has 0 aliphatic heterocycles. The Balaban J connectivity index is 3.78. The molecule has 0 fully saturated rings. The molecule has 0 aromatic heterocycles. The minimum atomic E-state index is -1.04. The Morgan fingerprint density at radius 1 is 1.58 bits per heavy atom. The van der Waals surface area contributed by atoms with E-state index in [-0.39, 0.29) is 0 Å². The highest BCUT2D eigenvalue weighted by atomic mass is 16.5. The fourth-order valence-corrected chi connectivity index (χ4v) is 0.740. The van der Waals surface area contributed by atoms with E-state index in [9.17, 15) is 9.90 Å². The first-order valence-corrected chi connectivity index (χ1v) is 4.13. The van der Waals surface area contributed by atoms with Gasteiger partial charge in [0, 0.05) is 6.42 Å². The van der Waals surface area contributed by atoms with Crippen LogP contribution in [0, 0.1) is 0 Å². The number of aliphatic hydroxyl groups is 1. The number of carbonyl (C=O) groups excluding carboxylic acids is 1. The van der Waals surface area contributed by atoms with Gasteiger partial charge >= 0.3 is 5.97 Å². The molecule has 0 rings (SSSR count). The zero-order valence-corrected chi connectivity index (χ0v) is 7.67. The lowest BCUT2D eigenvalue weighted by atomic mass is 10.1. The van der Waals surface area contributed by atoms with Gasteiger partial charge in [0.15, 0.2) is 6.10 Å². The highest BCUT2D eigenvalue weighted by molar-refractivity contribution is 5.74. The van der Waals surface area contributed by atoms with E-state index in [2.05, 4.69) is 11.3 Å². The van der Waals surface area contributed by atoms with Crippen molar-refractivity contribution in [1.29, 1.82) is 0 Å². The third-order valence-electron chi connectivity index (χ3n) is 1.54. The first-order chi connectivity index (χ1) is 5.61. The van der Waals surface area contributed by atoms with Gasteiger partial charge in [-0.15, -0.1) is 0 Å². The highest BCUT2D eigenvalue weighted by Gasteiger charge is 2.15. The molecule has 12 heavy (non-hydrogen) atoms. The molecule has 70 valence electrons. The lowest BCUT2D eigenvalue weighted by Gasteiger charge is -2.09. The van der Waals surface area contributed by atoms with Gasteiger partial charge in [-0.05, 0) is 13.3 Å². The van der Waals surface area contributed by atoms with Crippen LogP contribution >= 0.6 is 0 Å². The number of ether oxygens (including phenoxy) is 1. The summed E-state index contributed by atoms with van der Waals surface area (Å²) in [7, 11) is 0. The normalized spacial score (nSPS) is 12.2. The van der Waals surface area contributed by atoms with Gasteiger partial charge in [-0.1, -0.05) is 19.1 Å². The average molecular weight is 172 g/mol. The molecule has 0 amide bonds. The Kier molecular flexibility index (Phi) is 5.37. The van der Waals surface area contributed by atoms with E-state index in [1.807, 2.05) is 6.92 Å². The van der Waals surface area contributed by atoms with Crippen molar-refractivity contribution in [1.82, 2.24) is 0 Å². The van der Waals surface area contributed by atoms with Gasteiger partial charge < -0.3 is 9.84 Å². The summed E-state index contributed by atoms with van der Waals surface area (Å²) < 4.78 is 4.62. The van der Waals surface area contributed by atoms with Gasteiger partial charge in [-0.2, -0.15) is 0 Å². The molecule has 1 atom stereocenters. The molecule has 0 heterocycles. The summed E-state index contributed by atoms with van der Waals surface area (Å²) in [5.74, 6) is -0.563. The molecule has 0 saturated heterocycles. The van der Waals surface area contributed by atoms with Gasteiger partial charge in [0.2, 0.25) is 0 Å². The molecule has 0 spiro atoms. The lowest BCUT2D eigenvalue weighted by molar-refractivity contribution is -0.152. The molecule has 0 unspecified atom stereocenters. The molecular formula is C9H16O3. The van der Waals surface area contributed by atoms with Gasteiger partial charge in [-0.3, -0.25) is 0 Å². The molecule has 3 heteroatoms. The van der Waals surface area contributed by atoms with Crippen LogP contribution in [0.1, 0.15) is 26.7 Å². The summed E-state index contributed by atoms with van der Waals surface area (Å²) >= 11 is 0. The second-order valence-electron chi connectivity index (χ2n) is 2.58.